The van der Waals surface area contributed by atoms with Gasteiger partial charge in [0, 0.05) is 18.3 Å². The number of rotatable bonds is 5. The van der Waals surface area contributed by atoms with Gasteiger partial charge in [-0.15, -0.1) is 0 Å². The second-order valence-corrected chi connectivity index (χ2v) is 7.02. The van der Waals surface area contributed by atoms with E-state index in [1.54, 1.807) is 0 Å². The molecular weight excluding hydrogens is 364 g/mol. The smallest absolute Gasteiger partial charge is 0.351 e. The molecule has 1 aromatic carbocycles. The molecule has 25 heavy (non-hydrogen) atoms. The molecular formula is C15H12F4N2O3S. The van der Waals surface area contributed by atoms with Crippen molar-refractivity contribution in [2.45, 2.75) is 11.2 Å². The van der Waals surface area contributed by atoms with Crippen LogP contribution in [0.4, 0.5) is 17.6 Å². The van der Waals surface area contributed by atoms with Gasteiger partial charge in [-0.2, -0.15) is 13.2 Å². The number of carbonyl (C=O) groups excluding carboxylic acids is 1. The molecule has 0 aliphatic carbocycles. The summed E-state index contributed by atoms with van der Waals surface area (Å²) in [5.41, 5.74) is -0.914. The zero-order valence-corrected chi connectivity index (χ0v) is 13.4. The predicted molar refractivity (Wildman–Crippen MR) is 80.0 cm³/mol. The van der Waals surface area contributed by atoms with Gasteiger partial charge in [-0.25, -0.2) is 17.8 Å². The topological polar surface area (TPSA) is 76.1 Å². The summed E-state index contributed by atoms with van der Waals surface area (Å²) in [6.45, 7) is -0.277. The molecule has 1 N–H and O–H groups in total. The van der Waals surface area contributed by atoms with Crippen molar-refractivity contribution in [2.75, 3.05) is 12.3 Å². The van der Waals surface area contributed by atoms with E-state index in [-0.39, 0.29) is 12.1 Å². The van der Waals surface area contributed by atoms with Gasteiger partial charge in [-0.3, -0.25) is 4.79 Å². The Morgan fingerprint density at radius 3 is 2.24 bits per heavy atom. The third kappa shape index (κ3) is 4.99. The first kappa shape index (κ1) is 18.8. The van der Waals surface area contributed by atoms with E-state index in [2.05, 4.69) is 10.3 Å². The predicted octanol–water partition coefficient (Wildman–Crippen LogP) is 2.44. The van der Waals surface area contributed by atoms with Crippen LogP contribution in [0.15, 0.2) is 47.6 Å². The van der Waals surface area contributed by atoms with Crippen LogP contribution in [0.5, 0.6) is 0 Å². The summed E-state index contributed by atoms with van der Waals surface area (Å²) < 4.78 is 74.1. The van der Waals surface area contributed by atoms with Gasteiger partial charge >= 0.3 is 6.18 Å². The highest BCUT2D eigenvalue weighted by Gasteiger charge is 2.31. The average Bonchev–Trinajstić information content (AvgIpc) is 2.54. The summed E-state index contributed by atoms with van der Waals surface area (Å²) in [5, 5.41) is 1.81. The minimum atomic E-state index is -4.61. The third-order valence-corrected chi connectivity index (χ3v) is 4.77. The average molecular weight is 376 g/mol. The first-order chi connectivity index (χ1) is 11.6. The van der Waals surface area contributed by atoms with Crippen LogP contribution in [0.1, 0.15) is 15.9 Å². The van der Waals surface area contributed by atoms with Crippen LogP contribution in [0.25, 0.3) is 0 Å². The van der Waals surface area contributed by atoms with Gasteiger partial charge in [0.05, 0.1) is 11.3 Å². The number of pyridine rings is 1. The van der Waals surface area contributed by atoms with E-state index in [0.717, 1.165) is 18.2 Å². The molecule has 5 nitrogen and oxygen atoms in total. The summed E-state index contributed by atoms with van der Waals surface area (Å²) in [5.74, 6) is -1.67. The van der Waals surface area contributed by atoms with Crippen LogP contribution in [-0.2, 0) is 16.0 Å². The second kappa shape index (κ2) is 7.18. The molecule has 0 saturated carbocycles. The van der Waals surface area contributed by atoms with Crippen molar-refractivity contribution >= 4 is 15.7 Å². The zero-order chi connectivity index (χ0) is 18.7. The fourth-order valence-corrected chi connectivity index (χ4v) is 2.91. The van der Waals surface area contributed by atoms with E-state index in [1.165, 1.54) is 12.1 Å². The molecule has 1 heterocycles. The lowest BCUT2D eigenvalue weighted by Crippen LogP contribution is -2.29. The first-order valence-corrected chi connectivity index (χ1v) is 8.54. The summed E-state index contributed by atoms with van der Waals surface area (Å²) in [6.07, 6.45) is -4.18. The van der Waals surface area contributed by atoms with Crippen LogP contribution < -0.4 is 5.32 Å². The number of sulfone groups is 1. The second-order valence-electron chi connectivity index (χ2n) is 4.96. The number of hydrogen-bond donors (Lipinski definition) is 1. The van der Waals surface area contributed by atoms with Crippen molar-refractivity contribution in [1.82, 2.24) is 10.3 Å². The maximum absolute atomic E-state index is 12.8. The Balaban J connectivity index is 1.97. The van der Waals surface area contributed by atoms with Crippen LogP contribution in [0, 0.1) is 5.82 Å². The van der Waals surface area contributed by atoms with Gasteiger partial charge in [-0.1, -0.05) is 0 Å². The Morgan fingerprint density at radius 1 is 1.08 bits per heavy atom. The number of amides is 1. The normalized spacial score (nSPS) is 12.0. The lowest BCUT2D eigenvalue weighted by atomic mass is 10.2. The number of benzene rings is 1. The molecule has 0 saturated heterocycles. The molecule has 0 radical (unpaired) electrons. The number of nitrogens with zero attached hydrogens (tertiary/aromatic N) is 1. The molecule has 0 atom stereocenters. The molecule has 0 unspecified atom stereocenters. The monoisotopic (exact) mass is 376 g/mol. The Hall–Kier alpha value is -2.49. The maximum atomic E-state index is 12.8. The standard InChI is InChI=1S/C15H12F4N2O3S/c16-12-4-1-10(2-5-12)14(22)20-7-8-25(23,24)13-6-3-11(9-21-13)15(17,18)19/h1-6,9H,7-8H2,(H,20,22). The Bertz CT molecular complexity index is 848. The fraction of sp³-hybridized carbons (Fsp3) is 0.200. The summed E-state index contributed by atoms with van der Waals surface area (Å²) in [4.78, 5) is 15.1. The molecule has 1 aromatic heterocycles. The van der Waals surface area contributed by atoms with E-state index in [9.17, 15) is 30.8 Å². The van der Waals surface area contributed by atoms with Crippen LogP contribution >= 0.6 is 0 Å². The highest BCUT2D eigenvalue weighted by Crippen LogP contribution is 2.28. The third-order valence-electron chi connectivity index (χ3n) is 3.15. The molecule has 0 aliphatic heterocycles. The van der Waals surface area contributed by atoms with Crippen molar-refractivity contribution < 1.29 is 30.8 Å². The quantitative estimate of drug-likeness (QED) is 0.814. The molecule has 134 valence electrons. The van der Waals surface area contributed by atoms with Crippen molar-refractivity contribution in [3.63, 3.8) is 0 Å². The van der Waals surface area contributed by atoms with E-state index >= 15 is 0 Å². The van der Waals surface area contributed by atoms with Gasteiger partial charge in [0.1, 0.15) is 5.82 Å². The molecule has 0 spiro atoms. The van der Waals surface area contributed by atoms with Crippen molar-refractivity contribution in [2.24, 2.45) is 0 Å². The number of alkyl halides is 3. The number of halogens is 4. The lowest BCUT2D eigenvalue weighted by Gasteiger charge is -2.08. The molecule has 0 fully saturated rings. The minimum Gasteiger partial charge on any atom is -0.351 e. The molecule has 0 bridgehead atoms. The van der Waals surface area contributed by atoms with E-state index in [0.29, 0.717) is 12.3 Å². The highest BCUT2D eigenvalue weighted by molar-refractivity contribution is 7.91. The van der Waals surface area contributed by atoms with E-state index in [4.69, 9.17) is 0 Å². The van der Waals surface area contributed by atoms with Crippen molar-refractivity contribution in [3.8, 4) is 0 Å². The lowest BCUT2D eigenvalue weighted by molar-refractivity contribution is -0.137. The molecule has 10 heteroatoms. The Kier molecular flexibility index (Phi) is 5.41. The Labute approximate surface area is 140 Å². The van der Waals surface area contributed by atoms with Crippen molar-refractivity contribution in [1.29, 1.82) is 0 Å². The zero-order valence-electron chi connectivity index (χ0n) is 12.5. The highest BCUT2D eigenvalue weighted by atomic mass is 32.2. The van der Waals surface area contributed by atoms with E-state index < -0.39 is 44.1 Å². The van der Waals surface area contributed by atoms with Gasteiger partial charge in [0.15, 0.2) is 14.9 Å². The number of hydrogen-bond acceptors (Lipinski definition) is 4. The minimum absolute atomic E-state index is 0.145. The Morgan fingerprint density at radius 2 is 1.72 bits per heavy atom. The largest absolute Gasteiger partial charge is 0.417 e. The molecule has 1 amide bonds. The van der Waals surface area contributed by atoms with Crippen LogP contribution in [0.3, 0.4) is 0 Å². The van der Waals surface area contributed by atoms with E-state index in [1.807, 2.05) is 0 Å². The molecule has 2 aromatic rings. The van der Waals surface area contributed by atoms with Gasteiger partial charge in [0.25, 0.3) is 5.91 Å². The van der Waals surface area contributed by atoms with Crippen molar-refractivity contribution in [3.05, 3.63) is 59.5 Å². The first-order valence-electron chi connectivity index (χ1n) is 6.89. The van der Waals surface area contributed by atoms with Crippen LogP contribution in [-0.4, -0.2) is 31.6 Å². The summed E-state index contributed by atoms with van der Waals surface area (Å²) in [7, 11) is -3.96. The molecule has 2 rings (SSSR count). The number of aromatic nitrogens is 1. The SMILES string of the molecule is O=C(NCCS(=O)(=O)c1ccc(C(F)(F)F)cn1)c1ccc(F)cc1. The maximum Gasteiger partial charge on any atom is 0.417 e. The summed E-state index contributed by atoms with van der Waals surface area (Å²) >= 11 is 0. The number of nitrogens with one attached hydrogen (secondary N) is 1. The number of carbonyl (C=O) groups is 1. The van der Waals surface area contributed by atoms with Crippen LogP contribution in [0.2, 0.25) is 0 Å². The van der Waals surface area contributed by atoms with Gasteiger partial charge in [-0.05, 0) is 36.4 Å². The van der Waals surface area contributed by atoms with Gasteiger partial charge < -0.3 is 5.32 Å². The fourth-order valence-electron chi connectivity index (χ4n) is 1.84. The summed E-state index contributed by atoms with van der Waals surface area (Å²) in [6, 6.07) is 6.01. The molecule has 0 aliphatic rings. The van der Waals surface area contributed by atoms with Gasteiger partial charge in [0.2, 0.25) is 0 Å².